The van der Waals surface area contributed by atoms with Gasteiger partial charge in [0.15, 0.2) is 11.4 Å². The molecule has 0 bridgehead atoms. The number of pyridine rings is 2. The number of methoxy groups -OCH3 is 1. The van der Waals surface area contributed by atoms with Crippen LogP contribution >= 0.6 is 0 Å². The van der Waals surface area contributed by atoms with Gasteiger partial charge in [-0.3, -0.25) is 14.2 Å². The Hall–Kier alpha value is -3.35. The first-order valence-corrected chi connectivity index (χ1v) is 7.64. The summed E-state index contributed by atoms with van der Waals surface area (Å²) in [5, 5.41) is 4.09. The lowest BCUT2D eigenvalue weighted by Crippen LogP contribution is -2.34. The maximum Gasteiger partial charge on any atom is 0.252 e. The zero-order valence-electron chi connectivity index (χ0n) is 13.4. The van der Waals surface area contributed by atoms with Crippen molar-refractivity contribution in [2.45, 2.75) is 0 Å². The number of ether oxygens (including phenoxy) is 1. The molecule has 3 aromatic heterocycles. The van der Waals surface area contributed by atoms with Crippen molar-refractivity contribution < 1.29 is 4.74 Å². The Kier molecular flexibility index (Phi) is 3.61. The van der Waals surface area contributed by atoms with Crippen LogP contribution in [0.2, 0.25) is 0 Å². The zero-order chi connectivity index (χ0) is 17.4. The first-order valence-electron chi connectivity index (χ1n) is 7.64. The topological polar surface area (TPSA) is 68.5 Å². The van der Waals surface area contributed by atoms with Crippen molar-refractivity contribution in [3.05, 3.63) is 65.2 Å². The fourth-order valence-electron chi connectivity index (χ4n) is 2.70. The molecule has 0 unspecified atom stereocenters. The molecule has 120 valence electrons. The minimum Gasteiger partial charge on any atom is -0.493 e. The average molecular weight is 328 g/mol. The molecule has 4 rings (SSSR count). The molecule has 0 fully saturated rings. The van der Waals surface area contributed by atoms with Crippen LogP contribution in [-0.2, 0) is 0 Å². The maximum atomic E-state index is 12.5. The van der Waals surface area contributed by atoms with Gasteiger partial charge in [0, 0.05) is 28.9 Å². The Morgan fingerprint density at radius 2 is 2.08 bits per heavy atom. The molecule has 1 aromatic carbocycles. The van der Waals surface area contributed by atoms with E-state index < -0.39 is 0 Å². The molecule has 0 aliphatic carbocycles. The van der Waals surface area contributed by atoms with E-state index in [-0.39, 0.29) is 16.8 Å². The smallest absolute Gasteiger partial charge is 0.252 e. The van der Waals surface area contributed by atoms with Gasteiger partial charge in [0.1, 0.15) is 13.7 Å². The molecule has 2 radical (unpaired) electrons. The van der Waals surface area contributed by atoms with Crippen LogP contribution < -0.4 is 21.1 Å². The Bertz CT molecular complexity index is 1160. The van der Waals surface area contributed by atoms with Gasteiger partial charge in [0.25, 0.3) is 5.56 Å². The summed E-state index contributed by atoms with van der Waals surface area (Å²) in [6.07, 6.45) is 3.35. The van der Waals surface area contributed by atoms with Crippen molar-refractivity contribution in [3.8, 4) is 5.75 Å². The van der Waals surface area contributed by atoms with E-state index in [9.17, 15) is 4.79 Å². The molecular weight excluding hydrogens is 315 g/mol. The second-order valence-corrected chi connectivity index (χ2v) is 5.49. The lowest BCUT2D eigenvalue weighted by Gasteiger charge is -2.12. The van der Waals surface area contributed by atoms with Crippen LogP contribution in [0.25, 0.3) is 16.6 Å². The minimum absolute atomic E-state index is 0.0389. The van der Waals surface area contributed by atoms with Crippen molar-refractivity contribution in [1.29, 1.82) is 0 Å². The van der Waals surface area contributed by atoms with Crippen LogP contribution in [0.4, 0.5) is 11.5 Å². The minimum atomic E-state index is -0.353. The molecule has 0 aliphatic heterocycles. The quantitative estimate of drug-likeness (QED) is 0.581. The lowest BCUT2D eigenvalue weighted by molar-refractivity contribution is 0.416. The molecule has 1 N–H and O–H groups in total. The maximum absolute atomic E-state index is 12.5. The number of benzene rings is 1. The van der Waals surface area contributed by atoms with Crippen molar-refractivity contribution in [3.63, 3.8) is 0 Å². The normalized spacial score (nSPS) is 10.9. The molecule has 6 nitrogen and oxygen atoms in total. The first kappa shape index (κ1) is 15.2. The third-order valence-corrected chi connectivity index (χ3v) is 3.94. The number of nitrogens with zero attached hydrogens (tertiary/aromatic N) is 3. The van der Waals surface area contributed by atoms with E-state index in [2.05, 4.69) is 15.3 Å². The number of fused-ring (bicyclic) bond motifs is 2. The summed E-state index contributed by atoms with van der Waals surface area (Å²) in [5.74, 6) is 0.781. The van der Waals surface area contributed by atoms with Gasteiger partial charge in [-0.1, -0.05) is 6.07 Å². The van der Waals surface area contributed by atoms with Crippen LogP contribution in [0.3, 0.4) is 0 Å². The van der Waals surface area contributed by atoms with Gasteiger partial charge in [-0.05, 0) is 36.4 Å². The molecular formula is C18H13BN4O2. The zero-order valence-corrected chi connectivity index (χ0v) is 13.4. The van der Waals surface area contributed by atoms with E-state index in [1.807, 2.05) is 30.3 Å². The number of hydrogen-bond acceptors (Lipinski definition) is 5. The fraction of sp³-hybridized carbons (Fsp3) is 0.0556. The summed E-state index contributed by atoms with van der Waals surface area (Å²) < 4.78 is 6.65. The summed E-state index contributed by atoms with van der Waals surface area (Å²) in [6, 6.07) is 13.0. The number of hydrogen-bond donors (Lipinski definition) is 1. The van der Waals surface area contributed by atoms with Crippen molar-refractivity contribution in [2.24, 2.45) is 0 Å². The van der Waals surface area contributed by atoms with Crippen LogP contribution in [0, 0.1) is 0 Å². The average Bonchev–Trinajstić information content (AvgIpc) is 2.65. The van der Waals surface area contributed by atoms with Crippen LogP contribution in [0.5, 0.6) is 5.75 Å². The Morgan fingerprint density at radius 1 is 1.20 bits per heavy atom. The number of rotatable bonds is 3. The summed E-state index contributed by atoms with van der Waals surface area (Å²) in [7, 11) is 7.52. The fourth-order valence-corrected chi connectivity index (χ4v) is 2.70. The van der Waals surface area contributed by atoms with Crippen LogP contribution in [0.1, 0.15) is 0 Å². The second kappa shape index (κ2) is 5.94. The predicted molar refractivity (Wildman–Crippen MR) is 98.4 cm³/mol. The summed E-state index contributed by atoms with van der Waals surface area (Å²) in [4.78, 5) is 21.3. The molecule has 0 atom stereocenters. The van der Waals surface area contributed by atoms with Crippen LogP contribution in [-0.4, -0.2) is 29.3 Å². The molecule has 0 saturated carbocycles. The summed E-state index contributed by atoms with van der Waals surface area (Å²) in [5.41, 5.74) is 1.73. The van der Waals surface area contributed by atoms with E-state index in [1.54, 1.807) is 24.5 Å². The lowest BCUT2D eigenvalue weighted by atomic mass is 9.98. The molecule has 0 amide bonds. The van der Waals surface area contributed by atoms with E-state index >= 15 is 0 Å². The van der Waals surface area contributed by atoms with Crippen molar-refractivity contribution in [2.75, 3.05) is 12.4 Å². The highest BCUT2D eigenvalue weighted by Gasteiger charge is 2.12. The molecule has 0 spiro atoms. The standard InChI is InChI=1S/C18H13BN4O2/c1-25-14-5-3-9-23-17(14)22-16(15(19)18(23)24)21-12-6-7-13-11(10-12)4-2-8-20-13/h2-10,21H,1H3. The highest BCUT2D eigenvalue weighted by molar-refractivity contribution is 6.35. The summed E-state index contributed by atoms with van der Waals surface area (Å²) in [6.45, 7) is 0. The van der Waals surface area contributed by atoms with Gasteiger partial charge in [-0.2, -0.15) is 0 Å². The van der Waals surface area contributed by atoms with Crippen LogP contribution in [0.15, 0.2) is 59.7 Å². The third kappa shape index (κ3) is 2.59. The van der Waals surface area contributed by atoms with Gasteiger partial charge in [-0.25, -0.2) is 4.98 Å². The summed E-state index contributed by atoms with van der Waals surface area (Å²) >= 11 is 0. The SMILES string of the molecule is [B]c1c(Nc2ccc3ncccc3c2)nc2c(OC)cccn2c1=O. The second-order valence-electron chi connectivity index (χ2n) is 5.49. The highest BCUT2D eigenvalue weighted by Crippen LogP contribution is 2.21. The van der Waals surface area contributed by atoms with Crippen molar-refractivity contribution >= 4 is 41.4 Å². The Labute approximate surface area is 144 Å². The van der Waals surface area contributed by atoms with Crippen molar-refractivity contribution in [1.82, 2.24) is 14.4 Å². The third-order valence-electron chi connectivity index (χ3n) is 3.94. The molecule has 3 heterocycles. The largest absolute Gasteiger partial charge is 0.493 e. The van der Waals surface area contributed by atoms with E-state index in [0.29, 0.717) is 11.4 Å². The van der Waals surface area contributed by atoms with E-state index in [1.165, 1.54) is 11.5 Å². The predicted octanol–water partition coefficient (Wildman–Crippen LogP) is 1.79. The molecule has 0 aliphatic rings. The molecule has 0 saturated heterocycles. The van der Waals surface area contributed by atoms with Gasteiger partial charge >= 0.3 is 0 Å². The number of nitrogens with one attached hydrogen (secondary N) is 1. The first-order chi connectivity index (χ1) is 12.2. The number of aromatic nitrogens is 3. The number of anilines is 2. The molecule has 7 heteroatoms. The molecule has 25 heavy (non-hydrogen) atoms. The van der Waals surface area contributed by atoms with Gasteiger partial charge in [-0.15, -0.1) is 0 Å². The Balaban J connectivity index is 1.85. The van der Waals surface area contributed by atoms with Gasteiger partial charge in [0.05, 0.1) is 12.6 Å². The van der Waals surface area contributed by atoms with Gasteiger partial charge in [0.2, 0.25) is 0 Å². The Morgan fingerprint density at radius 3 is 2.92 bits per heavy atom. The highest BCUT2D eigenvalue weighted by atomic mass is 16.5. The van der Waals surface area contributed by atoms with E-state index in [4.69, 9.17) is 12.6 Å². The molecule has 4 aromatic rings. The van der Waals surface area contributed by atoms with Gasteiger partial charge < -0.3 is 10.1 Å². The monoisotopic (exact) mass is 328 g/mol. The van der Waals surface area contributed by atoms with E-state index in [0.717, 1.165) is 16.6 Å².